The monoisotopic (exact) mass is 270 g/mol. The lowest BCUT2D eigenvalue weighted by molar-refractivity contribution is -0.149. The van der Waals surface area contributed by atoms with Crippen molar-refractivity contribution < 1.29 is 29.1 Å². The molecule has 8 nitrogen and oxygen atoms in total. The van der Waals surface area contributed by atoms with E-state index in [0.29, 0.717) is 5.76 Å². The van der Waals surface area contributed by atoms with Crippen LogP contribution in [0.15, 0.2) is 10.6 Å². The highest BCUT2D eigenvalue weighted by Gasteiger charge is 2.38. The van der Waals surface area contributed by atoms with Crippen molar-refractivity contribution in [2.24, 2.45) is 0 Å². The molecule has 0 saturated carbocycles. The maximum absolute atomic E-state index is 11.9. The summed E-state index contributed by atoms with van der Waals surface area (Å²) < 4.78 is 9.86. The molecule has 1 fully saturated rings. The van der Waals surface area contributed by atoms with Crippen LogP contribution in [-0.2, 0) is 9.59 Å². The van der Waals surface area contributed by atoms with Crippen molar-refractivity contribution in [2.75, 3.05) is 13.2 Å². The summed E-state index contributed by atoms with van der Waals surface area (Å²) >= 11 is 0. The molecule has 104 valence electrons. The minimum atomic E-state index is -1.14. The Balaban J connectivity index is 1.93. The van der Waals surface area contributed by atoms with E-state index < -0.39 is 24.0 Å². The highest BCUT2D eigenvalue weighted by molar-refractivity contribution is 5.85. The number of aliphatic hydroxyl groups excluding tert-OH is 1. The van der Waals surface area contributed by atoms with E-state index in [1.165, 1.54) is 6.07 Å². The predicted molar refractivity (Wildman–Crippen MR) is 60.5 cm³/mol. The number of carboxylic acids is 1. The molecule has 19 heavy (non-hydrogen) atoms. The van der Waals surface area contributed by atoms with Crippen LogP contribution in [0.25, 0.3) is 0 Å². The number of β-amino-alcohol motifs (C(OH)–C–C–N with tert-alkyl or cyclic N) is 1. The predicted octanol–water partition coefficient (Wildman–Crippen LogP) is -0.592. The zero-order chi connectivity index (χ0) is 14.0. The number of aromatic nitrogens is 1. The first-order valence-corrected chi connectivity index (χ1v) is 5.74. The minimum absolute atomic E-state index is 0.00297. The number of aryl methyl sites for hydroxylation is 1. The van der Waals surface area contributed by atoms with Crippen molar-refractivity contribution >= 4 is 11.9 Å². The highest BCUT2D eigenvalue weighted by atomic mass is 16.5. The Morgan fingerprint density at radius 2 is 2.37 bits per heavy atom. The van der Waals surface area contributed by atoms with Crippen LogP contribution in [0.2, 0.25) is 0 Å². The van der Waals surface area contributed by atoms with Gasteiger partial charge < -0.3 is 24.4 Å². The smallest absolute Gasteiger partial charge is 0.326 e. The van der Waals surface area contributed by atoms with E-state index in [2.05, 4.69) is 5.16 Å². The molecule has 1 aliphatic heterocycles. The van der Waals surface area contributed by atoms with Gasteiger partial charge in [-0.2, -0.15) is 0 Å². The molecule has 0 spiro atoms. The number of rotatable bonds is 4. The van der Waals surface area contributed by atoms with Crippen molar-refractivity contribution in [1.29, 1.82) is 0 Å². The Morgan fingerprint density at radius 1 is 1.63 bits per heavy atom. The summed E-state index contributed by atoms with van der Waals surface area (Å²) in [7, 11) is 0. The quantitative estimate of drug-likeness (QED) is 0.751. The van der Waals surface area contributed by atoms with Gasteiger partial charge in [-0.3, -0.25) is 4.79 Å². The zero-order valence-corrected chi connectivity index (χ0v) is 10.3. The zero-order valence-electron chi connectivity index (χ0n) is 10.3. The number of ether oxygens (including phenoxy) is 1. The minimum Gasteiger partial charge on any atom is -0.480 e. The molecule has 2 N–H and O–H groups in total. The summed E-state index contributed by atoms with van der Waals surface area (Å²) in [6, 6.07) is 0.506. The molecule has 0 aliphatic carbocycles. The largest absolute Gasteiger partial charge is 0.480 e. The lowest BCUT2D eigenvalue weighted by Gasteiger charge is -2.20. The number of hydrogen-bond acceptors (Lipinski definition) is 6. The van der Waals surface area contributed by atoms with E-state index >= 15 is 0 Å². The molecule has 0 bridgehead atoms. The Labute approximate surface area is 108 Å². The standard InChI is InChI=1S/C11H14N2O6/c1-6-2-9(12-19-6)18-5-10(15)13-4-7(14)3-8(13)11(16)17/h2,7-8,14H,3-5H2,1H3,(H,16,17)/t7?,8-/m0/s1. The number of carbonyl (C=O) groups is 2. The van der Waals surface area contributed by atoms with Gasteiger partial charge in [0.05, 0.1) is 6.10 Å². The number of amides is 1. The number of likely N-dealkylation sites (tertiary alicyclic amines) is 1. The SMILES string of the molecule is Cc1cc(OCC(=O)N2CC(O)C[C@H]2C(=O)O)no1. The highest BCUT2D eigenvalue weighted by Crippen LogP contribution is 2.18. The number of nitrogens with zero attached hydrogens (tertiary/aromatic N) is 2. The van der Waals surface area contributed by atoms with Crippen molar-refractivity contribution in [3.63, 3.8) is 0 Å². The second kappa shape index (κ2) is 5.27. The van der Waals surface area contributed by atoms with Gasteiger partial charge >= 0.3 is 5.97 Å². The van der Waals surface area contributed by atoms with Crippen molar-refractivity contribution in [3.05, 3.63) is 11.8 Å². The first kappa shape index (κ1) is 13.3. The molecule has 1 aromatic heterocycles. The Morgan fingerprint density at radius 3 is 2.95 bits per heavy atom. The van der Waals surface area contributed by atoms with Crippen LogP contribution in [0.3, 0.4) is 0 Å². The van der Waals surface area contributed by atoms with Crippen LogP contribution in [-0.4, -0.2) is 57.4 Å². The normalized spacial score (nSPS) is 22.5. The summed E-state index contributed by atoms with van der Waals surface area (Å²) in [4.78, 5) is 23.9. The van der Waals surface area contributed by atoms with Gasteiger partial charge in [-0.05, 0) is 12.1 Å². The van der Waals surface area contributed by atoms with Gasteiger partial charge in [-0.15, -0.1) is 0 Å². The molecule has 8 heteroatoms. The van der Waals surface area contributed by atoms with Gasteiger partial charge in [-0.1, -0.05) is 0 Å². The van der Waals surface area contributed by atoms with E-state index in [1.54, 1.807) is 6.92 Å². The Hall–Kier alpha value is -2.09. The third-order valence-corrected chi connectivity index (χ3v) is 2.83. The van der Waals surface area contributed by atoms with Gasteiger partial charge in [0.15, 0.2) is 6.61 Å². The number of aliphatic hydroxyl groups is 1. The molecule has 1 saturated heterocycles. The second-order valence-electron chi connectivity index (χ2n) is 4.35. The summed E-state index contributed by atoms with van der Waals surface area (Å²) in [6.07, 6.45) is -0.788. The maximum atomic E-state index is 11.9. The van der Waals surface area contributed by atoms with Crippen LogP contribution in [0.1, 0.15) is 12.2 Å². The number of carboxylic acid groups (broad SMARTS) is 1. The molecular formula is C11H14N2O6. The number of carbonyl (C=O) groups excluding carboxylic acids is 1. The fourth-order valence-electron chi connectivity index (χ4n) is 1.95. The molecule has 2 heterocycles. The van der Waals surface area contributed by atoms with Crippen LogP contribution >= 0.6 is 0 Å². The van der Waals surface area contributed by atoms with Crippen molar-refractivity contribution in [1.82, 2.24) is 10.1 Å². The lowest BCUT2D eigenvalue weighted by atomic mass is 10.2. The van der Waals surface area contributed by atoms with Crippen LogP contribution < -0.4 is 4.74 Å². The molecule has 2 rings (SSSR count). The van der Waals surface area contributed by atoms with Gasteiger partial charge in [0.2, 0.25) is 0 Å². The Bertz CT molecular complexity index is 485. The second-order valence-corrected chi connectivity index (χ2v) is 4.35. The molecule has 0 radical (unpaired) electrons. The average Bonchev–Trinajstić information content (AvgIpc) is 2.92. The maximum Gasteiger partial charge on any atom is 0.326 e. The summed E-state index contributed by atoms with van der Waals surface area (Å²) in [5.41, 5.74) is 0. The number of hydrogen-bond donors (Lipinski definition) is 2. The summed E-state index contributed by atoms with van der Waals surface area (Å²) in [5, 5.41) is 21.9. The van der Waals surface area contributed by atoms with Crippen molar-refractivity contribution in [3.8, 4) is 5.88 Å². The molecular weight excluding hydrogens is 256 g/mol. The molecule has 0 aromatic carbocycles. The fourth-order valence-corrected chi connectivity index (χ4v) is 1.95. The molecule has 2 atom stereocenters. The van der Waals surface area contributed by atoms with E-state index in [0.717, 1.165) is 4.90 Å². The van der Waals surface area contributed by atoms with Crippen LogP contribution in [0.5, 0.6) is 5.88 Å². The fraction of sp³-hybridized carbons (Fsp3) is 0.545. The van der Waals surface area contributed by atoms with E-state index in [-0.39, 0.29) is 25.5 Å². The average molecular weight is 270 g/mol. The number of aliphatic carboxylic acids is 1. The molecule has 1 aromatic rings. The first-order chi connectivity index (χ1) is 8.97. The third-order valence-electron chi connectivity index (χ3n) is 2.83. The molecule has 1 amide bonds. The van der Waals surface area contributed by atoms with Gasteiger partial charge in [0, 0.05) is 19.0 Å². The Kier molecular flexibility index (Phi) is 3.70. The molecule has 1 aliphatic rings. The van der Waals surface area contributed by atoms with Gasteiger partial charge in [0.1, 0.15) is 11.8 Å². The van der Waals surface area contributed by atoms with E-state index in [4.69, 9.17) is 14.4 Å². The third kappa shape index (κ3) is 3.02. The first-order valence-electron chi connectivity index (χ1n) is 5.74. The topological polar surface area (TPSA) is 113 Å². The van der Waals surface area contributed by atoms with Crippen LogP contribution in [0.4, 0.5) is 0 Å². The molecule has 1 unspecified atom stereocenters. The van der Waals surface area contributed by atoms with E-state index in [9.17, 15) is 14.7 Å². The van der Waals surface area contributed by atoms with Gasteiger partial charge in [0.25, 0.3) is 11.8 Å². The summed E-state index contributed by atoms with van der Waals surface area (Å²) in [6.45, 7) is 1.33. The summed E-state index contributed by atoms with van der Waals surface area (Å²) in [5.74, 6) is -0.938. The van der Waals surface area contributed by atoms with Crippen LogP contribution in [0, 0.1) is 6.92 Å². The van der Waals surface area contributed by atoms with Crippen molar-refractivity contribution in [2.45, 2.75) is 25.5 Å². The van der Waals surface area contributed by atoms with E-state index in [1.807, 2.05) is 0 Å². The van der Waals surface area contributed by atoms with Gasteiger partial charge in [-0.25, -0.2) is 4.79 Å². The lowest BCUT2D eigenvalue weighted by Crippen LogP contribution is -2.42.